The highest BCUT2D eigenvalue weighted by Crippen LogP contribution is 2.10. The Kier molecular flexibility index (Phi) is 7.32. The molecule has 120 valence electrons. The summed E-state index contributed by atoms with van der Waals surface area (Å²) in [7, 11) is 0. The number of aliphatic hydroxyl groups excluding tert-OH is 1. The lowest BCUT2D eigenvalue weighted by atomic mass is 10.0. The molecule has 0 bridgehead atoms. The van der Waals surface area contributed by atoms with Crippen LogP contribution in [-0.2, 0) is 9.59 Å². The van der Waals surface area contributed by atoms with E-state index in [1.165, 1.54) is 13.0 Å². The fourth-order valence-electron chi connectivity index (χ4n) is 2.05. The first kappa shape index (κ1) is 17.9. The number of hydrogen-bond donors (Lipinski definition) is 3. The molecule has 5 nitrogen and oxygen atoms in total. The topological polar surface area (TPSA) is 78.4 Å². The van der Waals surface area contributed by atoms with Gasteiger partial charge in [-0.1, -0.05) is 19.1 Å². The SMILES string of the molecule is CC(=O)Nc1ccc(C=CC(=O)NCC(C)CC(C)O)cc1. The molecule has 2 unspecified atom stereocenters. The Labute approximate surface area is 131 Å². The van der Waals surface area contributed by atoms with Crippen LogP contribution < -0.4 is 10.6 Å². The number of benzene rings is 1. The number of anilines is 1. The number of carbonyl (C=O) groups is 2. The highest BCUT2D eigenvalue weighted by molar-refractivity contribution is 5.92. The summed E-state index contributed by atoms with van der Waals surface area (Å²) >= 11 is 0. The molecule has 0 aromatic heterocycles. The maximum Gasteiger partial charge on any atom is 0.244 e. The molecule has 0 aliphatic rings. The summed E-state index contributed by atoms with van der Waals surface area (Å²) in [5.41, 5.74) is 1.60. The molecular weight excluding hydrogens is 280 g/mol. The summed E-state index contributed by atoms with van der Waals surface area (Å²) in [6.07, 6.45) is 3.49. The Morgan fingerprint density at radius 1 is 1.23 bits per heavy atom. The van der Waals surface area contributed by atoms with Gasteiger partial charge in [0, 0.05) is 25.2 Å². The Morgan fingerprint density at radius 3 is 2.41 bits per heavy atom. The van der Waals surface area contributed by atoms with Crippen molar-refractivity contribution in [3.05, 3.63) is 35.9 Å². The summed E-state index contributed by atoms with van der Waals surface area (Å²) < 4.78 is 0. The molecule has 2 amide bonds. The number of nitrogens with one attached hydrogen (secondary N) is 2. The maximum absolute atomic E-state index is 11.7. The molecule has 1 aromatic carbocycles. The number of hydrogen-bond acceptors (Lipinski definition) is 3. The first-order chi connectivity index (χ1) is 10.4. The lowest BCUT2D eigenvalue weighted by molar-refractivity contribution is -0.116. The molecule has 0 radical (unpaired) electrons. The van der Waals surface area contributed by atoms with Crippen molar-refractivity contribution in [2.75, 3.05) is 11.9 Å². The Hall–Kier alpha value is -2.14. The van der Waals surface area contributed by atoms with Gasteiger partial charge in [-0.15, -0.1) is 0 Å². The van der Waals surface area contributed by atoms with E-state index in [0.29, 0.717) is 13.0 Å². The van der Waals surface area contributed by atoms with E-state index in [1.54, 1.807) is 25.1 Å². The number of aliphatic hydroxyl groups is 1. The van der Waals surface area contributed by atoms with Crippen molar-refractivity contribution < 1.29 is 14.7 Å². The molecule has 22 heavy (non-hydrogen) atoms. The molecule has 0 spiro atoms. The minimum absolute atomic E-state index is 0.117. The van der Waals surface area contributed by atoms with Crippen LogP contribution >= 0.6 is 0 Å². The first-order valence-electron chi connectivity index (χ1n) is 7.38. The first-order valence-corrected chi connectivity index (χ1v) is 7.38. The average Bonchev–Trinajstić information content (AvgIpc) is 2.43. The second-order valence-corrected chi connectivity index (χ2v) is 5.57. The molecule has 1 rings (SSSR count). The van der Waals surface area contributed by atoms with E-state index in [2.05, 4.69) is 10.6 Å². The van der Waals surface area contributed by atoms with Crippen LogP contribution in [0.15, 0.2) is 30.3 Å². The highest BCUT2D eigenvalue weighted by Gasteiger charge is 2.06. The van der Waals surface area contributed by atoms with Crippen molar-refractivity contribution in [3.63, 3.8) is 0 Å². The monoisotopic (exact) mass is 304 g/mol. The van der Waals surface area contributed by atoms with E-state index < -0.39 is 0 Å². The van der Waals surface area contributed by atoms with Crippen LogP contribution in [0.2, 0.25) is 0 Å². The zero-order chi connectivity index (χ0) is 16.5. The van der Waals surface area contributed by atoms with E-state index in [9.17, 15) is 14.7 Å². The summed E-state index contributed by atoms with van der Waals surface area (Å²) in [6.45, 7) is 5.71. The quantitative estimate of drug-likeness (QED) is 0.676. The van der Waals surface area contributed by atoms with Gasteiger partial charge >= 0.3 is 0 Å². The van der Waals surface area contributed by atoms with Gasteiger partial charge in [0.15, 0.2) is 0 Å². The third-order valence-electron chi connectivity index (χ3n) is 3.03. The van der Waals surface area contributed by atoms with Crippen molar-refractivity contribution in [2.24, 2.45) is 5.92 Å². The van der Waals surface area contributed by atoms with Crippen molar-refractivity contribution in [2.45, 2.75) is 33.3 Å². The van der Waals surface area contributed by atoms with Gasteiger partial charge in [0.05, 0.1) is 6.10 Å². The van der Waals surface area contributed by atoms with Gasteiger partial charge in [-0.2, -0.15) is 0 Å². The largest absolute Gasteiger partial charge is 0.393 e. The van der Waals surface area contributed by atoms with Crippen molar-refractivity contribution >= 4 is 23.6 Å². The summed E-state index contributed by atoms with van der Waals surface area (Å²) in [6, 6.07) is 7.21. The van der Waals surface area contributed by atoms with Gasteiger partial charge in [-0.25, -0.2) is 0 Å². The Morgan fingerprint density at radius 2 is 1.86 bits per heavy atom. The van der Waals surface area contributed by atoms with Gasteiger partial charge in [0.2, 0.25) is 11.8 Å². The molecule has 0 fully saturated rings. The Bertz CT molecular complexity index is 521. The fraction of sp³-hybridized carbons (Fsp3) is 0.412. The summed E-state index contributed by atoms with van der Waals surface area (Å²) in [5, 5.41) is 14.7. The maximum atomic E-state index is 11.7. The van der Waals surface area contributed by atoms with Crippen molar-refractivity contribution in [1.29, 1.82) is 0 Å². The van der Waals surface area contributed by atoms with Crippen molar-refractivity contribution in [3.8, 4) is 0 Å². The average molecular weight is 304 g/mol. The highest BCUT2D eigenvalue weighted by atomic mass is 16.3. The third-order valence-corrected chi connectivity index (χ3v) is 3.03. The van der Waals surface area contributed by atoms with Gasteiger partial charge < -0.3 is 15.7 Å². The Balaban J connectivity index is 2.43. The standard InChI is InChI=1S/C17H24N2O3/c1-12(10-13(2)20)11-18-17(22)9-6-15-4-7-16(8-5-15)19-14(3)21/h4-9,12-13,20H,10-11H2,1-3H3,(H,18,22)(H,19,21). The molecule has 0 saturated carbocycles. The molecule has 1 aromatic rings. The van der Waals surface area contributed by atoms with Crippen LogP contribution in [-0.4, -0.2) is 29.6 Å². The number of rotatable bonds is 7. The molecule has 3 N–H and O–H groups in total. The minimum Gasteiger partial charge on any atom is -0.393 e. The summed E-state index contributed by atoms with van der Waals surface area (Å²) in [4.78, 5) is 22.6. The lowest BCUT2D eigenvalue weighted by Gasteiger charge is -2.13. The zero-order valence-corrected chi connectivity index (χ0v) is 13.3. The predicted octanol–water partition coefficient (Wildman–Crippen LogP) is 2.18. The minimum atomic E-state index is -0.357. The van der Waals surface area contributed by atoms with Gasteiger partial charge in [-0.3, -0.25) is 9.59 Å². The van der Waals surface area contributed by atoms with E-state index in [1.807, 2.05) is 19.1 Å². The predicted molar refractivity (Wildman–Crippen MR) is 88.3 cm³/mol. The lowest BCUT2D eigenvalue weighted by Crippen LogP contribution is -2.27. The number of carbonyl (C=O) groups excluding carboxylic acids is 2. The van der Waals surface area contributed by atoms with Gasteiger partial charge in [-0.05, 0) is 43.0 Å². The zero-order valence-electron chi connectivity index (χ0n) is 13.3. The smallest absolute Gasteiger partial charge is 0.244 e. The normalized spacial score (nSPS) is 13.6. The molecule has 0 aliphatic carbocycles. The molecule has 0 aliphatic heterocycles. The van der Waals surface area contributed by atoms with Crippen LogP contribution in [0.1, 0.15) is 32.8 Å². The third kappa shape index (κ3) is 7.59. The van der Waals surface area contributed by atoms with E-state index in [0.717, 1.165) is 11.3 Å². The van der Waals surface area contributed by atoms with E-state index in [-0.39, 0.29) is 23.8 Å². The molecule has 2 atom stereocenters. The van der Waals surface area contributed by atoms with Crippen LogP contribution in [0.4, 0.5) is 5.69 Å². The molecular formula is C17H24N2O3. The van der Waals surface area contributed by atoms with Crippen LogP contribution in [0, 0.1) is 5.92 Å². The van der Waals surface area contributed by atoms with Gasteiger partial charge in [0.25, 0.3) is 0 Å². The fourth-order valence-corrected chi connectivity index (χ4v) is 2.05. The molecule has 0 saturated heterocycles. The van der Waals surface area contributed by atoms with Crippen molar-refractivity contribution in [1.82, 2.24) is 5.32 Å². The van der Waals surface area contributed by atoms with Crippen LogP contribution in [0.3, 0.4) is 0 Å². The van der Waals surface area contributed by atoms with E-state index >= 15 is 0 Å². The molecule has 0 heterocycles. The second kappa shape index (κ2) is 9.00. The second-order valence-electron chi connectivity index (χ2n) is 5.57. The number of amides is 2. The van der Waals surface area contributed by atoms with Gasteiger partial charge in [0.1, 0.15) is 0 Å². The molecule has 5 heteroatoms. The van der Waals surface area contributed by atoms with Crippen LogP contribution in [0.25, 0.3) is 6.08 Å². The van der Waals surface area contributed by atoms with E-state index in [4.69, 9.17) is 0 Å². The summed E-state index contributed by atoms with van der Waals surface area (Å²) in [5.74, 6) is -0.0494. The van der Waals surface area contributed by atoms with Crippen LogP contribution in [0.5, 0.6) is 0 Å².